The first-order valence-corrected chi connectivity index (χ1v) is 5.86. The summed E-state index contributed by atoms with van der Waals surface area (Å²) in [7, 11) is -4.41. The molecule has 0 spiro atoms. The average Bonchev–Trinajstić information content (AvgIpc) is 2.27. The number of nitriles is 1. The number of phenols is 1. The van der Waals surface area contributed by atoms with Gasteiger partial charge in [-0.05, 0) is 12.1 Å². The molecule has 1 heterocycles. The van der Waals surface area contributed by atoms with Gasteiger partial charge < -0.3 is 5.11 Å². The summed E-state index contributed by atoms with van der Waals surface area (Å²) in [5.41, 5.74) is 0.390. The Hall–Kier alpha value is -2.17. The van der Waals surface area contributed by atoms with Crippen LogP contribution in [0.5, 0.6) is 5.75 Å². The van der Waals surface area contributed by atoms with Crippen LogP contribution in [0.2, 0.25) is 0 Å². The van der Waals surface area contributed by atoms with Gasteiger partial charge in [0.15, 0.2) is 0 Å². The summed E-state index contributed by atoms with van der Waals surface area (Å²) in [4.78, 5) is 3.38. The molecule has 17 heavy (non-hydrogen) atoms. The van der Waals surface area contributed by atoms with Gasteiger partial charge in [0.05, 0.1) is 10.5 Å². The van der Waals surface area contributed by atoms with Crippen LogP contribution in [0.3, 0.4) is 0 Å². The Morgan fingerprint density at radius 1 is 1.29 bits per heavy atom. The molecule has 2 aromatic rings. The number of rotatable bonds is 1. The fourth-order valence-corrected chi connectivity index (χ4v) is 1.95. The summed E-state index contributed by atoms with van der Waals surface area (Å²) < 4.78 is 30.8. The lowest BCUT2D eigenvalue weighted by atomic mass is 10.1. The first kappa shape index (κ1) is 11.3. The molecule has 0 atom stereocenters. The summed E-state index contributed by atoms with van der Waals surface area (Å²) in [5.74, 6) is -0.375. The van der Waals surface area contributed by atoms with Crippen LogP contribution in [0.1, 0.15) is 5.56 Å². The highest BCUT2D eigenvalue weighted by molar-refractivity contribution is 7.85. The molecule has 0 bridgehead atoms. The van der Waals surface area contributed by atoms with E-state index in [-0.39, 0.29) is 22.2 Å². The van der Waals surface area contributed by atoms with Crippen molar-refractivity contribution in [1.29, 1.82) is 5.26 Å². The molecule has 0 radical (unpaired) electrons. The second-order valence-corrected chi connectivity index (χ2v) is 4.75. The molecule has 0 aliphatic heterocycles. The highest BCUT2D eigenvalue weighted by Crippen LogP contribution is 2.27. The zero-order valence-corrected chi connectivity index (χ0v) is 9.14. The van der Waals surface area contributed by atoms with E-state index in [1.165, 1.54) is 12.3 Å². The molecule has 2 N–H and O–H groups in total. The molecular weight excluding hydrogens is 244 g/mol. The maximum atomic E-state index is 10.9. The van der Waals surface area contributed by atoms with Crippen molar-refractivity contribution in [2.24, 2.45) is 0 Å². The monoisotopic (exact) mass is 250 g/mol. The van der Waals surface area contributed by atoms with Crippen molar-refractivity contribution < 1.29 is 18.1 Å². The molecule has 0 saturated heterocycles. The molecule has 0 fully saturated rings. The first-order chi connectivity index (χ1) is 7.91. The van der Waals surface area contributed by atoms with Crippen molar-refractivity contribution in [2.75, 3.05) is 0 Å². The number of hydrogen-bond donors (Lipinski definition) is 2. The minimum Gasteiger partial charge on any atom is -0.506 e. The summed E-state index contributed by atoms with van der Waals surface area (Å²) in [6.07, 6.45) is 1.26. The van der Waals surface area contributed by atoms with Crippen LogP contribution in [0.25, 0.3) is 10.9 Å². The smallest absolute Gasteiger partial charge is 0.294 e. The number of phenolic OH excluding ortho intramolecular Hbond substituents is 1. The van der Waals surface area contributed by atoms with E-state index >= 15 is 0 Å². The Balaban J connectivity index is 2.85. The van der Waals surface area contributed by atoms with Gasteiger partial charge in [0.2, 0.25) is 0 Å². The topological polar surface area (TPSA) is 111 Å². The van der Waals surface area contributed by atoms with Gasteiger partial charge in [-0.25, -0.2) is 0 Å². The number of benzene rings is 1. The minimum atomic E-state index is -4.41. The maximum absolute atomic E-state index is 10.9. The normalized spacial score (nSPS) is 11.3. The van der Waals surface area contributed by atoms with Crippen molar-refractivity contribution in [1.82, 2.24) is 4.98 Å². The summed E-state index contributed by atoms with van der Waals surface area (Å²) in [6, 6.07) is 5.25. The third-order valence-electron chi connectivity index (χ3n) is 2.16. The second-order valence-electron chi connectivity index (χ2n) is 3.32. The van der Waals surface area contributed by atoms with Gasteiger partial charge in [0, 0.05) is 17.6 Å². The van der Waals surface area contributed by atoms with E-state index in [9.17, 15) is 13.5 Å². The van der Waals surface area contributed by atoms with Crippen LogP contribution < -0.4 is 0 Å². The molecule has 7 heteroatoms. The van der Waals surface area contributed by atoms with Gasteiger partial charge >= 0.3 is 0 Å². The Labute approximate surface area is 96.5 Å². The highest BCUT2D eigenvalue weighted by atomic mass is 32.2. The molecule has 0 unspecified atom stereocenters. The first-order valence-electron chi connectivity index (χ1n) is 4.42. The highest BCUT2D eigenvalue weighted by Gasteiger charge is 2.14. The molecule has 86 valence electrons. The van der Waals surface area contributed by atoms with Gasteiger partial charge in [-0.2, -0.15) is 13.7 Å². The molecule has 2 rings (SSSR count). The third kappa shape index (κ3) is 2.04. The maximum Gasteiger partial charge on any atom is 0.294 e. The largest absolute Gasteiger partial charge is 0.506 e. The Morgan fingerprint density at radius 2 is 2.00 bits per heavy atom. The minimum absolute atomic E-state index is 0.163. The van der Waals surface area contributed by atoms with Crippen LogP contribution in [0.15, 0.2) is 29.3 Å². The lowest BCUT2D eigenvalue weighted by Crippen LogP contribution is -1.98. The quantitative estimate of drug-likeness (QED) is 0.732. The summed E-state index contributed by atoms with van der Waals surface area (Å²) in [6.45, 7) is 0. The van der Waals surface area contributed by atoms with Crippen LogP contribution >= 0.6 is 0 Å². The summed E-state index contributed by atoms with van der Waals surface area (Å²) >= 11 is 0. The molecule has 0 saturated carbocycles. The van der Waals surface area contributed by atoms with E-state index in [4.69, 9.17) is 9.81 Å². The lowest BCUT2D eigenvalue weighted by molar-refractivity contribution is 0.470. The van der Waals surface area contributed by atoms with Gasteiger partial charge in [0.1, 0.15) is 17.3 Å². The molecule has 0 aliphatic rings. The van der Waals surface area contributed by atoms with Crippen LogP contribution in [-0.4, -0.2) is 23.1 Å². The second kappa shape index (κ2) is 3.69. The number of aromatic hydroxyl groups is 1. The Bertz CT molecular complexity index is 747. The van der Waals surface area contributed by atoms with E-state index in [0.717, 1.165) is 12.1 Å². The number of hydrogen-bond acceptors (Lipinski definition) is 5. The van der Waals surface area contributed by atoms with Crippen molar-refractivity contribution in [3.05, 3.63) is 30.0 Å². The van der Waals surface area contributed by atoms with Crippen molar-refractivity contribution >= 4 is 21.0 Å². The molecule has 0 aliphatic carbocycles. The van der Waals surface area contributed by atoms with Crippen molar-refractivity contribution in [2.45, 2.75) is 4.90 Å². The average molecular weight is 250 g/mol. The van der Waals surface area contributed by atoms with E-state index in [1.807, 2.05) is 6.07 Å². The molecule has 1 aromatic heterocycles. The van der Waals surface area contributed by atoms with Crippen LogP contribution in [0, 0.1) is 11.3 Å². The van der Waals surface area contributed by atoms with E-state index < -0.39 is 15.0 Å². The fraction of sp³-hybridized carbons (Fsp3) is 0. The standard InChI is InChI=1S/C10H6N2O4S/c11-4-6-1-7-2-8(17(14,15)16)3-9(13)10(7)12-5-6/h1-3,5,13H,(H,14,15,16). The number of nitrogens with zero attached hydrogens (tertiary/aromatic N) is 2. The predicted octanol–water partition coefficient (Wildman–Crippen LogP) is 1.06. The molecule has 1 aromatic carbocycles. The Morgan fingerprint density at radius 3 is 2.59 bits per heavy atom. The molecule has 6 nitrogen and oxygen atoms in total. The predicted molar refractivity (Wildman–Crippen MR) is 57.9 cm³/mol. The molecule has 0 amide bonds. The lowest BCUT2D eigenvalue weighted by Gasteiger charge is -2.03. The number of fused-ring (bicyclic) bond motifs is 1. The zero-order valence-electron chi connectivity index (χ0n) is 8.32. The fourth-order valence-electron chi connectivity index (χ4n) is 1.41. The van der Waals surface area contributed by atoms with Crippen molar-refractivity contribution in [3.63, 3.8) is 0 Å². The van der Waals surface area contributed by atoms with Gasteiger partial charge in [-0.3, -0.25) is 9.54 Å². The van der Waals surface area contributed by atoms with E-state index in [2.05, 4.69) is 4.98 Å². The SMILES string of the molecule is N#Cc1cnc2c(O)cc(S(=O)(=O)O)cc2c1. The number of aromatic nitrogens is 1. The number of pyridine rings is 1. The van der Waals surface area contributed by atoms with Crippen LogP contribution in [-0.2, 0) is 10.1 Å². The van der Waals surface area contributed by atoms with Gasteiger partial charge in [0.25, 0.3) is 10.1 Å². The van der Waals surface area contributed by atoms with Crippen LogP contribution in [0.4, 0.5) is 0 Å². The zero-order chi connectivity index (χ0) is 12.6. The van der Waals surface area contributed by atoms with Gasteiger partial charge in [-0.15, -0.1) is 0 Å². The third-order valence-corrected chi connectivity index (χ3v) is 2.99. The van der Waals surface area contributed by atoms with E-state index in [0.29, 0.717) is 0 Å². The summed E-state index contributed by atoms with van der Waals surface area (Å²) in [5, 5.41) is 18.5. The Kier molecular flexibility index (Phi) is 2.46. The van der Waals surface area contributed by atoms with Gasteiger partial charge in [-0.1, -0.05) is 0 Å². The molecular formula is C10H6N2O4S. The van der Waals surface area contributed by atoms with E-state index in [1.54, 1.807) is 0 Å². The van der Waals surface area contributed by atoms with Crippen molar-refractivity contribution in [3.8, 4) is 11.8 Å².